The minimum absolute atomic E-state index is 0.0230. The molecule has 3 rings (SSSR count). The van der Waals surface area contributed by atoms with Crippen LogP contribution in [0.3, 0.4) is 0 Å². The van der Waals surface area contributed by atoms with E-state index < -0.39 is 10.0 Å². The van der Waals surface area contributed by atoms with E-state index in [0.717, 1.165) is 5.01 Å². The van der Waals surface area contributed by atoms with E-state index in [2.05, 4.69) is 9.71 Å². The fourth-order valence-corrected chi connectivity index (χ4v) is 4.35. The highest BCUT2D eigenvalue weighted by Crippen LogP contribution is 2.32. The van der Waals surface area contributed by atoms with Gasteiger partial charge in [-0.15, -0.1) is 11.3 Å². The molecular weight excluding hydrogens is 382 g/mol. The van der Waals surface area contributed by atoms with Crippen molar-refractivity contribution < 1.29 is 13.2 Å². The van der Waals surface area contributed by atoms with Gasteiger partial charge in [0.05, 0.1) is 34.6 Å². The van der Waals surface area contributed by atoms with Crippen molar-refractivity contribution in [2.24, 2.45) is 0 Å². The SMILES string of the molecule is CCOc1ccc(-c2csc(C)n2)cc1S(=O)(=O)Nc1cccc(C#N)c1. The maximum Gasteiger partial charge on any atom is 0.265 e. The molecule has 0 saturated carbocycles. The van der Waals surface area contributed by atoms with Gasteiger partial charge in [0.25, 0.3) is 10.0 Å². The summed E-state index contributed by atoms with van der Waals surface area (Å²) in [6, 6.07) is 13.3. The molecule has 0 atom stereocenters. The minimum atomic E-state index is -3.92. The number of aryl methyl sites for hydroxylation is 1. The van der Waals surface area contributed by atoms with E-state index in [1.54, 1.807) is 43.3 Å². The maximum absolute atomic E-state index is 13.0. The summed E-state index contributed by atoms with van der Waals surface area (Å²) in [6.45, 7) is 4.02. The maximum atomic E-state index is 13.0. The summed E-state index contributed by atoms with van der Waals surface area (Å²) in [4.78, 5) is 4.44. The normalized spacial score (nSPS) is 11.0. The Labute approximate surface area is 162 Å². The minimum Gasteiger partial charge on any atom is -0.492 e. The number of benzene rings is 2. The highest BCUT2D eigenvalue weighted by molar-refractivity contribution is 7.92. The van der Waals surface area contributed by atoms with Crippen LogP contribution in [0, 0.1) is 18.3 Å². The first-order chi connectivity index (χ1) is 12.9. The number of anilines is 1. The van der Waals surface area contributed by atoms with E-state index in [1.165, 1.54) is 17.4 Å². The molecular formula is C19H17N3O3S2. The number of ether oxygens (including phenoxy) is 1. The largest absolute Gasteiger partial charge is 0.492 e. The van der Waals surface area contributed by atoms with Gasteiger partial charge in [0.1, 0.15) is 10.6 Å². The molecule has 0 amide bonds. The van der Waals surface area contributed by atoms with E-state index in [4.69, 9.17) is 10.00 Å². The van der Waals surface area contributed by atoms with Crippen LogP contribution in [0.5, 0.6) is 5.75 Å². The number of nitriles is 1. The number of sulfonamides is 1. The van der Waals surface area contributed by atoms with Crippen molar-refractivity contribution in [2.75, 3.05) is 11.3 Å². The third kappa shape index (κ3) is 4.27. The molecule has 0 aliphatic rings. The molecule has 0 fully saturated rings. The smallest absolute Gasteiger partial charge is 0.265 e. The second-order valence-corrected chi connectivity index (χ2v) is 8.36. The number of hydrogen-bond acceptors (Lipinski definition) is 6. The lowest BCUT2D eigenvalue weighted by Gasteiger charge is -2.14. The Kier molecular flexibility index (Phi) is 5.44. The van der Waals surface area contributed by atoms with E-state index in [9.17, 15) is 8.42 Å². The zero-order valence-corrected chi connectivity index (χ0v) is 16.4. The Hall–Kier alpha value is -2.89. The molecule has 0 spiro atoms. The van der Waals surface area contributed by atoms with Crippen LogP contribution in [0.2, 0.25) is 0 Å². The average Bonchev–Trinajstić information content (AvgIpc) is 3.08. The van der Waals surface area contributed by atoms with Gasteiger partial charge in [0.15, 0.2) is 0 Å². The lowest BCUT2D eigenvalue weighted by atomic mass is 10.2. The Morgan fingerprint density at radius 3 is 2.74 bits per heavy atom. The van der Waals surface area contributed by atoms with Gasteiger partial charge in [-0.25, -0.2) is 13.4 Å². The number of nitrogens with one attached hydrogen (secondary N) is 1. The molecule has 2 aromatic carbocycles. The predicted octanol–water partition coefficient (Wildman–Crippen LogP) is 4.19. The molecule has 27 heavy (non-hydrogen) atoms. The summed E-state index contributed by atoms with van der Waals surface area (Å²) in [5, 5.41) is 11.8. The van der Waals surface area contributed by atoms with Crippen molar-refractivity contribution in [3.63, 3.8) is 0 Å². The molecule has 6 nitrogen and oxygen atoms in total. The molecule has 1 N–H and O–H groups in total. The highest BCUT2D eigenvalue weighted by atomic mass is 32.2. The van der Waals surface area contributed by atoms with Crippen LogP contribution in [0.4, 0.5) is 5.69 Å². The van der Waals surface area contributed by atoms with Gasteiger partial charge in [0.2, 0.25) is 0 Å². The van der Waals surface area contributed by atoms with Gasteiger partial charge in [-0.05, 0) is 50.2 Å². The second kappa shape index (κ2) is 7.78. The van der Waals surface area contributed by atoms with E-state index in [-0.39, 0.29) is 10.6 Å². The lowest BCUT2D eigenvalue weighted by Crippen LogP contribution is -2.14. The third-order valence-electron chi connectivity index (χ3n) is 3.69. The zero-order valence-electron chi connectivity index (χ0n) is 14.8. The first kappa shape index (κ1) is 18.9. The van der Waals surface area contributed by atoms with Crippen LogP contribution in [0.25, 0.3) is 11.3 Å². The van der Waals surface area contributed by atoms with E-state index in [1.807, 2.05) is 18.4 Å². The monoisotopic (exact) mass is 399 g/mol. The average molecular weight is 399 g/mol. The number of thiazole rings is 1. The number of nitrogens with zero attached hydrogens (tertiary/aromatic N) is 2. The van der Waals surface area contributed by atoms with Crippen LogP contribution >= 0.6 is 11.3 Å². The highest BCUT2D eigenvalue weighted by Gasteiger charge is 2.21. The van der Waals surface area contributed by atoms with Crippen molar-refractivity contribution in [2.45, 2.75) is 18.7 Å². The van der Waals surface area contributed by atoms with Crippen molar-refractivity contribution in [3.8, 4) is 23.1 Å². The molecule has 8 heteroatoms. The molecule has 138 valence electrons. The molecule has 0 aliphatic carbocycles. The first-order valence-corrected chi connectivity index (χ1v) is 10.5. The van der Waals surface area contributed by atoms with Crippen LogP contribution < -0.4 is 9.46 Å². The molecule has 0 bridgehead atoms. The summed E-state index contributed by atoms with van der Waals surface area (Å²) in [7, 11) is -3.92. The van der Waals surface area contributed by atoms with Crippen molar-refractivity contribution in [1.29, 1.82) is 5.26 Å². The van der Waals surface area contributed by atoms with Crippen LogP contribution in [0.1, 0.15) is 17.5 Å². The summed E-state index contributed by atoms with van der Waals surface area (Å²) >= 11 is 1.50. The van der Waals surface area contributed by atoms with Crippen molar-refractivity contribution in [3.05, 3.63) is 58.4 Å². The van der Waals surface area contributed by atoms with Crippen LogP contribution in [-0.2, 0) is 10.0 Å². The number of hydrogen-bond donors (Lipinski definition) is 1. The predicted molar refractivity (Wildman–Crippen MR) is 105 cm³/mol. The zero-order chi connectivity index (χ0) is 19.4. The quantitative estimate of drug-likeness (QED) is 0.671. The summed E-state index contributed by atoms with van der Waals surface area (Å²) in [5.74, 6) is 0.261. The van der Waals surface area contributed by atoms with Gasteiger partial charge < -0.3 is 4.74 Å². The first-order valence-electron chi connectivity index (χ1n) is 8.15. The molecule has 1 aromatic heterocycles. The molecule has 0 aliphatic heterocycles. The Balaban J connectivity index is 2.04. The van der Waals surface area contributed by atoms with Crippen molar-refractivity contribution in [1.82, 2.24) is 4.98 Å². The van der Waals surface area contributed by atoms with E-state index in [0.29, 0.717) is 29.1 Å². The van der Waals surface area contributed by atoms with Gasteiger partial charge >= 0.3 is 0 Å². The summed E-state index contributed by atoms with van der Waals surface area (Å²) in [6.07, 6.45) is 0. The number of rotatable bonds is 6. The van der Waals surface area contributed by atoms with Crippen LogP contribution in [-0.4, -0.2) is 20.0 Å². The third-order valence-corrected chi connectivity index (χ3v) is 5.87. The Morgan fingerprint density at radius 1 is 1.26 bits per heavy atom. The summed E-state index contributed by atoms with van der Waals surface area (Å²) < 4.78 is 34.0. The molecule has 1 heterocycles. The number of aromatic nitrogens is 1. The van der Waals surface area contributed by atoms with Crippen molar-refractivity contribution >= 4 is 27.0 Å². The van der Waals surface area contributed by atoms with Crippen LogP contribution in [0.15, 0.2) is 52.7 Å². The fourth-order valence-electron chi connectivity index (χ4n) is 2.51. The summed E-state index contributed by atoms with van der Waals surface area (Å²) in [5.41, 5.74) is 2.08. The Bertz CT molecular complexity index is 1120. The fraction of sp³-hybridized carbons (Fsp3) is 0.158. The van der Waals surface area contributed by atoms with Gasteiger partial charge in [-0.3, -0.25) is 4.72 Å². The Morgan fingerprint density at radius 2 is 2.07 bits per heavy atom. The van der Waals surface area contributed by atoms with Gasteiger partial charge in [0, 0.05) is 10.9 Å². The molecule has 0 radical (unpaired) electrons. The second-order valence-electron chi connectivity index (χ2n) is 5.64. The van der Waals surface area contributed by atoms with Gasteiger partial charge in [-0.1, -0.05) is 6.07 Å². The van der Waals surface area contributed by atoms with E-state index >= 15 is 0 Å². The van der Waals surface area contributed by atoms with Gasteiger partial charge in [-0.2, -0.15) is 5.26 Å². The molecule has 0 saturated heterocycles. The topological polar surface area (TPSA) is 92.1 Å². The lowest BCUT2D eigenvalue weighted by molar-refractivity contribution is 0.331. The molecule has 3 aromatic rings. The standard InChI is InChI=1S/C19H17N3O3S2/c1-3-25-18-8-7-15(17-12-26-13(2)21-17)10-19(18)27(23,24)22-16-6-4-5-14(9-16)11-20/h4-10,12,22H,3H2,1-2H3. The molecule has 0 unspecified atom stereocenters.